The van der Waals surface area contributed by atoms with Crippen LogP contribution in [0.4, 0.5) is 0 Å². The number of hydrogen-bond donors (Lipinski definition) is 0. The average molecular weight is 185 g/mol. The van der Waals surface area contributed by atoms with Crippen LogP contribution in [0.15, 0.2) is 0 Å². The maximum Gasteiger partial charge on any atom is 0.0696 e. The number of methoxy groups -OCH3 is 2. The number of ether oxygens (including phenoxy) is 2. The molecule has 0 aliphatic heterocycles. The molecule has 0 saturated carbocycles. The first-order valence-electron chi connectivity index (χ1n) is 1.89. The van der Waals surface area contributed by atoms with Gasteiger partial charge in [0.1, 0.15) is 0 Å². The van der Waals surface area contributed by atoms with E-state index in [0.29, 0.717) is 13.2 Å². The van der Waals surface area contributed by atoms with Crippen LogP contribution >= 0.6 is 12.4 Å². The van der Waals surface area contributed by atoms with Gasteiger partial charge in [-0.2, -0.15) is 0 Å². The Morgan fingerprint density at radius 1 is 1.00 bits per heavy atom. The van der Waals surface area contributed by atoms with Crippen molar-refractivity contribution in [2.45, 2.75) is 0 Å². The minimum absolute atomic E-state index is 0. The summed E-state index contributed by atoms with van der Waals surface area (Å²) in [4.78, 5) is 0. The number of halogens is 1. The third-order valence-corrected chi connectivity index (χ3v) is 0.492. The molecule has 0 amide bonds. The summed E-state index contributed by atoms with van der Waals surface area (Å²) in [5, 5.41) is 0. The molecular weight excluding hydrogens is 174 g/mol. The standard InChI is InChI=1S/C4H10O2.ClH.Ni/c1-5-3-4-6-2;;/h3-4H2,1-2H3;1H;. The number of rotatable bonds is 3. The van der Waals surface area contributed by atoms with Crippen molar-refractivity contribution in [1.29, 1.82) is 0 Å². The molecule has 0 N–H and O–H groups in total. The zero-order valence-electron chi connectivity index (χ0n) is 4.96. The molecule has 8 heavy (non-hydrogen) atoms. The van der Waals surface area contributed by atoms with Gasteiger partial charge >= 0.3 is 0 Å². The molecule has 4 heteroatoms. The Hall–Kier alpha value is 0.704. The quantitative estimate of drug-likeness (QED) is 0.476. The van der Waals surface area contributed by atoms with Gasteiger partial charge < -0.3 is 9.47 Å². The van der Waals surface area contributed by atoms with E-state index in [4.69, 9.17) is 0 Å². The Kier molecular flexibility index (Phi) is 31.1. The predicted molar refractivity (Wildman–Crippen MR) is 31.0 cm³/mol. The summed E-state index contributed by atoms with van der Waals surface area (Å²) in [7, 11) is 3.30. The Balaban J connectivity index is -0.000000125. The summed E-state index contributed by atoms with van der Waals surface area (Å²) in [5.74, 6) is 0. The molecule has 0 spiro atoms. The van der Waals surface area contributed by atoms with Crippen molar-refractivity contribution in [2.24, 2.45) is 0 Å². The molecule has 0 aliphatic rings. The van der Waals surface area contributed by atoms with Gasteiger partial charge in [0.2, 0.25) is 0 Å². The van der Waals surface area contributed by atoms with E-state index in [1.54, 1.807) is 14.2 Å². The summed E-state index contributed by atoms with van der Waals surface area (Å²) in [5.41, 5.74) is 0. The van der Waals surface area contributed by atoms with Crippen LogP contribution in [-0.2, 0) is 26.0 Å². The summed E-state index contributed by atoms with van der Waals surface area (Å²) < 4.78 is 9.31. The van der Waals surface area contributed by atoms with Gasteiger partial charge in [0.25, 0.3) is 0 Å². The second-order valence-electron chi connectivity index (χ2n) is 0.986. The van der Waals surface area contributed by atoms with Gasteiger partial charge in [-0.05, 0) is 0 Å². The van der Waals surface area contributed by atoms with E-state index in [0.717, 1.165) is 0 Å². The second-order valence-corrected chi connectivity index (χ2v) is 0.986. The fourth-order valence-corrected chi connectivity index (χ4v) is 0.167. The topological polar surface area (TPSA) is 18.5 Å². The summed E-state index contributed by atoms with van der Waals surface area (Å²) in [6.45, 7) is 1.38. The molecule has 2 nitrogen and oxygen atoms in total. The average Bonchev–Trinajstić information content (AvgIpc) is 1.61. The Morgan fingerprint density at radius 2 is 1.25 bits per heavy atom. The molecule has 0 unspecified atom stereocenters. The van der Waals surface area contributed by atoms with E-state index in [-0.39, 0.29) is 28.9 Å². The zero-order valence-corrected chi connectivity index (χ0v) is 6.76. The summed E-state index contributed by atoms with van der Waals surface area (Å²) >= 11 is 0. The van der Waals surface area contributed by atoms with E-state index >= 15 is 0 Å². The van der Waals surface area contributed by atoms with Crippen LogP contribution in [0.2, 0.25) is 0 Å². The molecule has 0 atom stereocenters. The molecule has 0 saturated heterocycles. The van der Waals surface area contributed by atoms with E-state index in [9.17, 15) is 0 Å². The summed E-state index contributed by atoms with van der Waals surface area (Å²) in [6, 6.07) is 0. The molecule has 0 aliphatic carbocycles. The Morgan fingerprint density at radius 3 is 1.38 bits per heavy atom. The zero-order chi connectivity index (χ0) is 4.83. The van der Waals surface area contributed by atoms with Crippen molar-refractivity contribution in [3.63, 3.8) is 0 Å². The van der Waals surface area contributed by atoms with Gasteiger partial charge in [-0.3, -0.25) is 0 Å². The van der Waals surface area contributed by atoms with Crippen molar-refractivity contribution >= 4 is 12.4 Å². The SMILES string of the molecule is COCCOC.Cl.[Ni]. The van der Waals surface area contributed by atoms with Gasteiger partial charge in [0, 0.05) is 30.7 Å². The Labute approximate surface area is 66.3 Å². The first kappa shape index (κ1) is 15.9. The van der Waals surface area contributed by atoms with Gasteiger partial charge in [0.05, 0.1) is 13.2 Å². The van der Waals surface area contributed by atoms with Crippen molar-refractivity contribution < 1.29 is 26.0 Å². The molecule has 0 fully saturated rings. The summed E-state index contributed by atoms with van der Waals surface area (Å²) in [6.07, 6.45) is 0. The molecule has 0 rings (SSSR count). The minimum Gasteiger partial charge on any atom is -0.382 e. The van der Waals surface area contributed by atoms with Gasteiger partial charge in [0.15, 0.2) is 0 Å². The molecule has 0 aromatic carbocycles. The van der Waals surface area contributed by atoms with Crippen molar-refractivity contribution in [1.82, 2.24) is 0 Å². The molecule has 0 aromatic rings. The fourth-order valence-electron chi connectivity index (χ4n) is 0.167. The van der Waals surface area contributed by atoms with Crippen molar-refractivity contribution in [3.05, 3.63) is 0 Å². The second kappa shape index (κ2) is 15.6. The maximum atomic E-state index is 4.66. The van der Waals surface area contributed by atoms with E-state index < -0.39 is 0 Å². The van der Waals surface area contributed by atoms with E-state index in [1.807, 2.05) is 0 Å². The van der Waals surface area contributed by atoms with Gasteiger partial charge in [-0.25, -0.2) is 0 Å². The van der Waals surface area contributed by atoms with Crippen LogP contribution in [0.5, 0.6) is 0 Å². The fraction of sp³-hybridized carbons (Fsp3) is 1.00. The van der Waals surface area contributed by atoms with Crippen LogP contribution in [0, 0.1) is 0 Å². The maximum absolute atomic E-state index is 4.66. The van der Waals surface area contributed by atoms with Crippen molar-refractivity contribution in [3.8, 4) is 0 Å². The molecule has 56 valence electrons. The third-order valence-electron chi connectivity index (χ3n) is 0.492. The van der Waals surface area contributed by atoms with E-state index in [2.05, 4.69) is 9.47 Å². The van der Waals surface area contributed by atoms with Crippen molar-refractivity contribution in [2.75, 3.05) is 27.4 Å². The van der Waals surface area contributed by atoms with Crippen LogP contribution in [0.3, 0.4) is 0 Å². The largest absolute Gasteiger partial charge is 0.382 e. The molecular formula is C4H11ClNiO2. The Bertz CT molecular complexity index is 26.0. The van der Waals surface area contributed by atoms with Crippen LogP contribution in [0.25, 0.3) is 0 Å². The van der Waals surface area contributed by atoms with Crippen LogP contribution in [-0.4, -0.2) is 27.4 Å². The molecule has 0 radical (unpaired) electrons. The molecule has 0 bridgehead atoms. The molecule has 0 aromatic heterocycles. The van der Waals surface area contributed by atoms with Crippen LogP contribution in [0.1, 0.15) is 0 Å². The smallest absolute Gasteiger partial charge is 0.0696 e. The predicted octanol–water partition coefficient (Wildman–Crippen LogP) is 0.698. The number of hydrogen-bond acceptors (Lipinski definition) is 2. The minimum atomic E-state index is 0. The first-order chi connectivity index (χ1) is 2.91. The van der Waals surface area contributed by atoms with Gasteiger partial charge in [-0.15, -0.1) is 12.4 Å². The van der Waals surface area contributed by atoms with Gasteiger partial charge in [-0.1, -0.05) is 0 Å². The van der Waals surface area contributed by atoms with E-state index in [1.165, 1.54) is 0 Å². The normalized spacial score (nSPS) is 6.75. The molecule has 0 heterocycles. The monoisotopic (exact) mass is 184 g/mol. The first-order valence-corrected chi connectivity index (χ1v) is 1.89. The third kappa shape index (κ3) is 15.9. The van der Waals surface area contributed by atoms with Crippen LogP contribution < -0.4 is 0 Å².